The van der Waals surface area contributed by atoms with Crippen molar-refractivity contribution in [2.45, 2.75) is 65.4 Å². The van der Waals surface area contributed by atoms with Gasteiger partial charge in [0.2, 0.25) is 0 Å². The Balaban J connectivity index is 0.000000917. The molecule has 0 radical (unpaired) electrons. The number of fused-ring (bicyclic) bond motifs is 1. The molecule has 0 amide bonds. The molecule has 188 valence electrons. The molecule has 2 aromatic heterocycles. The number of hydrogen-bond acceptors (Lipinski definition) is 5. The van der Waals surface area contributed by atoms with Crippen LogP contribution < -0.4 is 5.56 Å². The minimum atomic E-state index is -0.526. The summed E-state index contributed by atoms with van der Waals surface area (Å²) in [6.45, 7) is 9.91. The number of nitrogens with zero attached hydrogens (tertiary/aromatic N) is 3. The monoisotopic (exact) mass is 501 g/mol. The molecule has 0 N–H and O–H groups in total. The summed E-state index contributed by atoms with van der Waals surface area (Å²) in [4.78, 5) is 22.6. The zero-order chi connectivity index (χ0) is 25.1. The first-order chi connectivity index (χ1) is 16.8. The van der Waals surface area contributed by atoms with E-state index < -0.39 is 5.82 Å². The average Bonchev–Trinajstić information content (AvgIpc) is 3.38. The maximum Gasteiger partial charge on any atom is 0.262 e. The second kappa shape index (κ2) is 11.1. The van der Waals surface area contributed by atoms with Crippen LogP contribution >= 0.6 is 11.6 Å². The zero-order valence-electron chi connectivity index (χ0n) is 20.8. The van der Waals surface area contributed by atoms with Gasteiger partial charge >= 0.3 is 0 Å². The van der Waals surface area contributed by atoms with E-state index in [-0.39, 0.29) is 34.0 Å². The van der Waals surface area contributed by atoms with Gasteiger partial charge < -0.3 is 9.47 Å². The van der Waals surface area contributed by atoms with Crippen LogP contribution in [0.5, 0.6) is 0 Å². The molecular weight excluding hydrogens is 469 g/mol. The SMILES string of the molecule is CCC.Cc1nc2cc(C3CCOC(C4CCOC4)C3)nc(-c3ccc(Cl)cc3F)n2c(=O)c1C. The van der Waals surface area contributed by atoms with Crippen molar-refractivity contribution in [3.8, 4) is 11.4 Å². The molecule has 8 heteroatoms. The lowest BCUT2D eigenvalue weighted by Gasteiger charge is -2.32. The standard InChI is InChI=1S/C24H25ClFN3O3.C3H8/c1-13-14(2)27-22-11-20(15-6-8-32-21(9-15)16-5-7-31-12-16)28-23(29(22)24(13)30)18-4-3-17(25)10-19(18)26;1-3-2/h3-4,10-11,15-16,21H,5-9,12H2,1-2H3;3H2,1-2H3. The number of rotatable bonds is 3. The molecule has 0 aliphatic carbocycles. The normalized spacial score (nSPS) is 22.2. The maximum atomic E-state index is 14.9. The Morgan fingerprint density at radius 2 is 1.91 bits per heavy atom. The first-order valence-corrected chi connectivity index (χ1v) is 12.8. The van der Waals surface area contributed by atoms with Gasteiger partial charge in [-0.2, -0.15) is 0 Å². The summed E-state index contributed by atoms with van der Waals surface area (Å²) in [6, 6.07) is 6.27. The number of benzene rings is 1. The van der Waals surface area contributed by atoms with E-state index in [1.54, 1.807) is 19.1 Å². The van der Waals surface area contributed by atoms with Crippen molar-refractivity contribution in [1.82, 2.24) is 14.4 Å². The predicted octanol–water partition coefficient (Wildman–Crippen LogP) is 5.88. The summed E-state index contributed by atoms with van der Waals surface area (Å²) in [5.41, 5.74) is 2.42. The third kappa shape index (κ3) is 5.42. The van der Waals surface area contributed by atoms with Gasteiger partial charge in [0.15, 0.2) is 5.82 Å². The van der Waals surface area contributed by atoms with Gasteiger partial charge in [0, 0.05) is 53.1 Å². The lowest BCUT2D eigenvalue weighted by molar-refractivity contribution is -0.0310. The minimum Gasteiger partial charge on any atom is -0.381 e. The van der Waals surface area contributed by atoms with Crippen molar-refractivity contribution < 1.29 is 13.9 Å². The van der Waals surface area contributed by atoms with Gasteiger partial charge in [-0.1, -0.05) is 31.9 Å². The molecule has 2 aliphatic rings. The Labute approximate surface area is 210 Å². The highest BCUT2D eigenvalue weighted by molar-refractivity contribution is 6.30. The largest absolute Gasteiger partial charge is 0.381 e. The van der Waals surface area contributed by atoms with E-state index in [1.165, 1.54) is 16.9 Å². The zero-order valence-corrected chi connectivity index (χ0v) is 21.6. The van der Waals surface area contributed by atoms with Crippen LogP contribution in [0.15, 0.2) is 29.1 Å². The van der Waals surface area contributed by atoms with Crippen molar-refractivity contribution in [3.63, 3.8) is 0 Å². The van der Waals surface area contributed by atoms with Gasteiger partial charge in [0.25, 0.3) is 5.56 Å². The molecule has 0 saturated carbocycles. The Kier molecular flexibility index (Phi) is 8.19. The van der Waals surface area contributed by atoms with Crippen LogP contribution in [0, 0.1) is 25.6 Å². The maximum absolute atomic E-state index is 14.9. The third-order valence-electron chi connectivity index (χ3n) is 6.70. The second-order valence-electron chi connectivity index (χ2n) is 9.41. The van der Waals surface area contributed by atoms with Crippen LogP contribution in [0.25, 0.3) is 17.0 Å². The first kappa shape index (κ1) is 25.7. The van der Waals surface area contributed by atoms with Crippen LogP contribution in [0.4, 0.5) is 4.39 Å². The van der Waals surface area contributed by atoms with Gasteiger partial charge in [-0.15, -0.1) is 0 Å². The lowest BCUT2D eigenvalue weighted by Crippen LogP contribution is -2.32. The summed E-state index contributed by atoms with van der Waals surface area (Å²) < 4.78 is 27.9. The highest BCUT2D eigenvalue weighted by atomic mass is 35.5. The molecule has 2 fully saturated rings. The van der Waals surface area contributed by atoms with Gasteiger partial charge in [0.05, 0.1) is 18.3 Å². The Morgan fingerprint density at radius 1 is 1.14 bits per heavy atom. The highest BCUT2D eigenvalue weighted by Crippen LogP contribution is 2.36. The Bertz CT molecular complexity index is 1260. The number of aromatic nitrogens is 3. The average molecular weight is 502 g/mol. The summed E-state index contributed by atoms with van der Waals surface area (Å²) in [6.07, 6.45) is 3.98. The van der Waals surface area contributed by atoms with E-state index in [1.807, 2.05) is 13.0 Å². The van der Waals surface area contributed by atoms with Gasteiger partial charge in [-0.05, 0) is 51.3 Å². The minimum absolute atomic E-state index is 0.111. The fourth-order valence-electron chi connectivity index (χ4n) is 4.70. The van der Waals surface area contributed by atoms with Crippen LogP contribution in [0.3, 0.4) is 0 Å². The van der Waals surface area contributed by atoms with Crippen LogP contribution in [0.2, 0.25) is 5.02 Å². The Hall–Kier alpha value is -2.35. The lowest BCUT2D eigenvalue weighted by atomic mass is 9.86. The smallest absolute Gasteiger partial charge is 0.262 e. The Morgan fingerprint density at radius 3 is 2.60 bits per heavy atom. The van der Waals surface area contributed by atoms with Crippen LogP contribution in [-0.4, -0.2) is 40.3 Å². The predicted molar refractivity (Wildman–Crippen MR) is 136 cm³/mol. The van der Waals surface area contributed by atoms with Crippen molar-refractivity contribution in [2.24, 2.45) is 5.92 Å². The number of halogens is 2. The fraction of sp³-hybridized carbons (Fsp3) is 0.519. The molecule has 35 heavy (non-hydrogen) atoms. The van der Waals surface area contributed by atoms with Gasteiger partial charge in [-0.25, -0.2) is 18.8 Å². The molecule has 3 atom stereocenters. The first-order valence-electron chi connectivity index (χ1n) is 12.4. The molecule has 3 unspecified atom stereocenters. The quantitative estimate of drug-likeness (QED) is 0.448. The molecule has 3 aromatic rings. The van der Waals surface area contributed by atoms with E-state index in [0.717, 1.165) is 38.2 Å². The van der Waals surface area contributed by atoms with E-state index >= 15 is 0 Å². The molecule has 0 bridgehead atoms. The van der Waals surface area contributed by atoms with E-state index in [9.17, 15) is 9.18 Å². The summed E-state index contributed by atoms with van der Waals surface area (Å²) in [5.74, 6) is 0.241. The molecule has 5 rings (SSSR count). The number of ether oxygens (including phenoxy) is 2. The molecule has 6 nitrogen and oxygen atoms in total. The molecule has 0 spiro atoms. The van der Waals surface area contributed by atoms with Crippen molar-refractivity contribution in [3.05, 3.63) is 62.4 Å². The van der Waals surface area contributed by atoms with E-state index in [4.69, 9.17) is 26.1 Å². The molecule has 2 aliphatic heterocycles. The van der Waals surface area contributed by atoms with E-state index in [2.05, 4.69) is 18.8 Å². The van der Waals surface area contributed by atoms with Gasteiger partial charge in [-0.3, -0.25) is 4.79 Å². The summed E-state index contributed by atoms with van der Waals surface area (Å²) >= 11 is 5.97. The van der Waals surface area contributed by atoms with Gasteiger partial charge in [0.1, 0.15) is 11.5 Å². The number of hydrogen-bond donors (Lipinski definition) is 0. The van der Waals surface area contributed by atoms with Crippen molar-refractivity contribution >= 4 is 17.2 Å². The number of aryl methyl sites for hydroxylation is 1. The fourth-order valence-corrected chi connectivity index (χ4v) is 4.86. The molecule has 4 heterocycles. The van der Waals surface area contributed by atoms with Crippen LogP contribution in [-0.2, 0) is 9.47 Å². The van der Waals surface area contributed by atoms with Crippen molar-refractivity contribution in [1.29, 1.82) is 0 Å². The summed E-state index contributed by atoms with van der Waals surface area (Å²) in [7, 11) is 0. The van der Waals surface area contributed by atoms with Crippen molar-refractivity contribution in [2.75, 3.05) is 19.8 Å². The van der Waals surface area contributed by atoms with Crippen LogP contribution in [0.1, 0.15) is 62.4 Å². The molecule has 2 saturated heterocycles. The van der Waals surface area contributed by atoms with E-state index in [0.29, 0.717) is 29.4 Å². The molecular formula is C27H33ClFN3O3. The second-order valence-corrected chi connectivity index (χ2v) is 9.85. The summed E-state index contributed by atoms with van der Waals surface area (Å²) in [5, 5.41) is 0.287. The highest BCUT2D eigenvalue weighted by Gasteiger charge is 2.33. The third-order valence-corrected chi connectivity index (χ3v) is 6.93. The molecule has 1 aromatic carbocycles. The topological polar surface area (TPSA) is 65.7 Å².